The Bertz CT molecular complexity index is 974. The van der Waals surface area contributed by atoms with Crippen molar-refractivity contribution in [2.24, 2.45) is 0 Å². The third-order valence-electron chi connectivity index (χ3n) is 4.43. The van der Waals surface area contributed by atoms with Gasteiger partial charge in [0.25, 0.3) is 0 Å². The van der Waals surface area contributed by atoms with E-state index in [1.165, 1.54) is 0 Å². The minimum atomic E-state index is -4.58. The van der Waals surface area contributed by atoms with Crippen molar-refractivity contribution in [1.82, 2.24) is 9.97 Å². The second kappa shape index (κ2) is 10.1. The zero-order valence-electron chi connectivity index (χ0n) is 17.5. The zero-order valence-corrected chi connectivity index (χ0v) is 17.5. The van der Waals surface area contributed by atoms with Crippen LogP contribution in [0.4, 0.5) is 36.3 Å². The molecule has 0 unspecified atom stereocenters. The number of ether oxygens (including phenoxy) is 1. The molecule has 0 aliphatic heterocycles. The fraction of sp³-hybridized carbons (Fsp3) is 0.304. The summed E-state index contributed by atoms with van der Waals surface area (Å²) in [6, 6.07) is 14.3. The lowest BCUT2D eigenvalue weighted by atomic mass is 10.1. The van der Waals surface area contributed by atoms with Gasteiger partial charge in [0, 0.05) is 17.6 Å². The van der Waals surface area contributed by atoms with Crippen LogP contribution in [-0.2, 0) is 12.6 Å². The highest BCUT2D eigenvalue weighted by molar-refractivity contribution is 5.63. The number of halogens is 3. The Kier molecular flexibility index (Phi) is 7.33. The van der Waals surface area contributed by atoms with Crippen LogP contribution in [0.5, 0.6) is 5.75 Å². The summed E-state index contributed by atoms with van der Waals surface area (Å²) in [5.41, 5.74) is 1.35. The van der Waals surface area contributed by atoms with E-state index in [1.54, 1.807) is 36.4 Å². The highest BCUT2D eigenvalue weighted by atomic mass is 19.4. The molecule has 0 aliphatic carbocycles. The summed E-state index contributed by atoms with van der Waals surface area (Å²) >= 11 is 0. The van der Waals surface area contributed by atoms with E-state index in [4.69, 9.17) is 4.74 Å². The fourth-order valence-electron chi connectivity index (χ4n) is 2.91. The monoisotopic (exact) mass is 430 g/mol. The minimum Gasteiger partial charge on any atom is -0.494 e. The Hall–Kier alpha value is -3.29. The van der Waals surface area contributed by atoms with Crippen LogP contribution in [0.1, 0.15) is 37.8 Å². The van der Waals surface area contributed by atoms with Crippen LogP contribution in [0.15, 0.2) is 54.7 Å². The van der Waals surface area contributed by atoms with Gasteiger partial charge >= 0.3 is 6.18 Å². The predicted octanol–water partition coefficient (Wildman–Crippen LogP) is 6.72. The molecule has 164 valence electrons. The quantitative estimate of drug-likeness (QED) is 0.394. The molecule has 5 nitrogen and oxygen atoms in total. The summed E-state index contributed by atoms with van der Waals surface area (Å²) < 4.78 is 45.9. The van der Waals surface area contributed by atoms with Crippen LogP contribution < -0.4 is 15.4 Å². The number of anilines is 4. The molecule has 8 heteroatoms. The molecular weight excluding hydrogens is 405 g/mol. The molecule has 0 saturated carbocycles. The summed E-state index contributed by atoms with van der Waals surface area (Å²) in [7, 11) is 0. The van der Waals surface area contributed by atoms with Crippen molar-refractivity contribution in [3.8, 4) is 5.75 Å². The smallest absolute Gasteiger partial charge is 0.421 e. The van der Waals surface area contributed by atoms with Crippen LogP contribution in [0.25, 0.3) is 0 Å². The van der Waals surface area contributed by atoms with E-state index in [2.05, 4.69) is 27.5 Å². The molecule has 0 amide bonds. The third-order valence-corrected chi connectivity index (χ3v) is 4.43. The maximum absolute atomic E-state index is 13.5. The molecule has 0 saturated heterocycles. The van der Waals surface area contributed by atoms with Gasteiger partial charge in [-0.3, -0.25) is 0 Å². The molecule has 0 radical (unpaired) electrons. The van der Waals surface area contributed by atoms with Gasteiger partial charge < -0.3 is 15.4 Å². The molecule has 0 atom stereocenters. The van der Waals surface area contributed by atoms with E-state index in [-0.39, 0.29) is 11.8 Å². The van der Waals surface area contributed by atoms with Gasteiger partial charge in [0.1, 0.15) is 17.1 Å². The van der Waals surface area contributed by atoms with Crippen molar-refractivity contribution < 1.29 is 17.9 Å². The van der Waals surface area contributed by atoms with Gasteiger partial charge in [-0.05, 0) is 54.8 Å². The lowest BCUT2D eigenvalue weighted by molar-refractivity contribution is -0.137. The van der Waals surface area contributed by atoms with Crippen molar-refractivity contribution in [2.75, 3.05) is 17.2 Å². The summed E-state index contributed by atoms with van der Waals surface area (Å²) in [6.45, 7) is 4.70. The maximum atomic E-state index is 13.5. The Balaban J connectivity index is 1.81. The summed E-state index contributed by atoms with van der Waals surface area (Å²) in [5.74, 6) is 0.464. The summed E-state index contributed by atoms with van der Waals surface area (Å²) in [4.78, 5) is 7.92. The zero-order chi connectivity index (χ0) is 22.3. The SMILES string of the molecule is CCCOc1ccc(Nc2ncc(C(F)(F)F)c(Nc3ccc(CCC)cc3)n2)cc1. The van der Waals surface area contributed by atoms with E-state index in [9.17, 15) is 13.2 Å². The van der Waals surface area contributed by atoms with E-state index in [0.29, 0.717) is 18.0 Å². The minimum absolute atomic E-state index is 0.0559. The van der Waals surface area contributed by atoms with Gasteiger partial charge in [-0.15, -0.1) is 0 Å². The second-order valence-corrected chi connectivity index (χ2v) is 7.02. The first-order chi connectivity index (χ1) is 14.9. The Morgan fingerprint density at radius 3 is 2.13 bits per heavy atom. The largest absolute Gasteiger partial charge is 0.494 e. The molecule has 0 aliphatic rings. The predicted molar refractivity (Wildman–Crippen MR) is 116 cm³/mol. The lowest BCUT2D eigenvalue weighted by Gasteiger charge is -2.15. The Labute approximate surface area is 179 Å². The van der Waals surface area contributed by atoms with Crippen LogP contribution >= 0.6 is 0 Å². The first kappa shape index (κ1) is 22.4. The third kappa shape index (κ3) is 6.34. The first-order valence-electron chi connectivity index (χ1n) is 10.2. The van der Waals surface area contributed by atoms with Crippen LogP contribution in [0, 0.1) is 0 Å². The topological polar surface area (TPSA) is 59.1 Å². The molecule has 2 aromatic carbocycles. The molecule has 1 aromatic heterocycles. The van der Waals surface area contributed by atoms with Crippen LogP contribution in [0.2, 0.25) is 0 Å². The van der Waals surface area contributed by atoms with Gasteiger partial charge in [-0.2, -0.15) is 18.2 Å². The van der Waals surface area contributed by atoms with Gasteiger partial charge in [0.15, 0.2) is 0 Å². The average molecular weight is 430 g/mol. The van der Waals surface area contributed by atoms with Crippen molar-refractivity contribution in [1.29, 1.82) is 0 Å². The number of nitrogens with zero attached hydrogens (tertiary/aromatic N) is 2. The molecule has 2 N–H and O–H groups in total. The molecule has 0 spiro atoms. The highest BCUT2D eigenvalue weighted by Crippen LogP contribution is 2.35. The van der Waals surface area contributed by atoms with E-state index < -0.39 is 11.7 Å². The van der Waals surface area contributed by atoms with Crippen molar-refractivity contribution >= 4 is 23.1 Å². The highest BCUT2D eigenvalue weighted by Gasteiger charge is 2.35. The van der Waals surface area contributed by atoms with Gasteiger partial charge in [-0.1, -0.05) is 32.4 Å². The van der Waals surface area contributed by atoms with Crippen LogP contribution in [-0.4, -0.2) is 16.6 Å². The molecular formula is C23H25F3N4O. The number of aryl methyl sites for hydroxylation is 1. The van der Waals surface area contributed by atoms with E-state index >= 15 is 0 Å². The van der Waals surface area contributed by atoms with Crippen molar-refractivity contribution in [3.05, 3.63) is 65.9 Å². The van der Waals surface area contributed by atoms with Gasteiger partial charge in [-0.25, -0.2) is 4.98 Å². The van der Waals surface area contributed by atoms with E-state index in [0.717, 1.165) is 36.8 Å². The Morgan fingerprint density at radius 2 is 1.52 bits per heavy atom. The maximum Gasteiger partial charge on any atom is 0.421 e. The fourth-order valence-corrected chi connectivity index (χ4v) is 2.91. The average Bonchev–Trinajstić information content (AvgIpc) is 2.74. The van der Waals surface area contributed by atoms with Crippen molar-refractivity contribution in [3.63, 3.8) is 0 Å². The summed E-state index contributed by atoms with van der Waals surface area (Å²) in [5, 5.41) is 5.71. The Morgan fingerprint density at radius 1 is 0.871 bits per heavy atom. The molecule has 3 rings (SSSR count). The standard InChI is InChI=1S/C23H25F3N4O/c1-3-5-16-6-8-17(9-7-16)28-21-20(23(24,25)26)15-27-22(30-21)29-18-10-12-19(13-11-18)31-14-4-2/h6-13,15H,3-5,14H2,1-2H3,(H2,27,28,29,30). The van der Waals surface area contributed by atoms with E-state index in [1.807, 2.05) is 19.1 Å². The molecule has 1 heterocycles. The number of benzene rings is 2. The number of hydrogen-bond donors (Lipinski definition) is 2. The van der Waals surface area contributed by atoms with Gasteiger partial charge in [0.05, 0.1) is 6.61 Å². The first-order valence-corrected chi connectivity index (χ1v) is 10.2. The lowest BCUT2D eigenvalue weighted by Crippen LogP contribution is -2.12. The molecule has 0 fully saturated rings. The number of rotatable bonds is 9. The number of alkyl halides is 3. The molecule has 31 heavy (non-hydrogen) atoms. The van der Waals surface area contributed by atoms with Crippen LogP contribution in [0.3, 0.4) is 0 Å². The normalized spacial score (nSPS) is 11.3. The molecule has 0 bridgehead atoms. The second-order valence-electron chi connectivity index (χ2n) is 7.02. The molecule has 3 aromatic rings. The number of hydrogen-bond acceptors (Lipinski definition) is 5. The van der Waals surface area contributed by atoms with Gasteiger partial charge in [0.2, 0.25) is 5.95 Å². The number of nitrogens with one attached hydrogen (secondary N) is 2. The summed E-state index contributed by atoms with van der Waals surface area (Å²) in [6.07, 6.45) is -0.991. The van der Waals surface area contributed by atoms with Crippen molar-refractivity contribution in [2.45, 2.75) is 39.3 Å². The number of aromatic nitrogens is 2.